The van der Waals surface area contributed by atoms with Gasteiger partial charge < -0.3 is 5.73 Å². The van der Waals surface area contributed by atoms with E-state index in [2.05, 4.69) is 60.5 Å². The molecule has 2 nitrogen and oxygen atoms in total. The summed E-state index contributed by atoms with van der Waals surface area (Å²) in [6.07, 6.45) is 2.49. The van der Waals surface area contributed by atoms with Crippen molar-refractivity contribution in [3.63, 3.8) is 0 Å². The highest BCUT2D eigenvalue weighted by Gasteiger charge is 2.35. The third kappa shape index (κ3) is 2.91. The van der Waals surface area contributed by atoms with Crippen LogP contribution >= 0.6 is 11.3 Å². The molecule has 0 aliphatic carbocycles. The van der Waals surface area contributed by atoms with Gasteiger partial charge in [0.15, 0.2) is 0 Å². The van der Waals surface area contributed by atoms with Crippen molar-refractivity contribution in [1.29, 1.82) is 0 Å². The van der Waals surface area contributed by atoms with Gasteiger partial charge in [-0.25, -0.2) is 0 Å². The Balaban J connectivity index is 1.94. The predicted octanol–water partition coefficient (Wildman–Crippen LogP) is 4.28. The third-order valence-electron chi connectivity index (χ3n) is 4.50. The second-order valence-electron chi connectivity index (χ2n) is 6.08. The van der Waals surface area contributed by atoms with E-state index in [4.69, 9.17) is 5.73 Å². The number of likely N-dealkylation sites (tertiary alicyclic amines) is 1. The van der Waals surface area contributed by atoms with Crippen LogP contribution in [0.1, 0.15) is 47.9 Å². The molecule has 3 rings (SSSR count). The van der Waals surface area contributed by atoms with Crippen LogP contribution in [0.2, 0.25) is 0 Å². The molecule has 2 heterocycles. The zero-order valence-electron chi connectivity index (χ0n) is 12.8. The van der Waals surface area contributed by atoms with E-state index in [0.717, 1.165) is 6.54 Å². The summed E-state index contributed by atoms with van der Waals surface area (Å²) in [6, 6.07) is 14.1. The van der Waals surface area contributed by atoms with E-state index in [0.29, 0.717) is 12.1 Å². The Morgan fingerprint density at radius 1 is 1.24 bits per heavy atom. The number of aryl methyl sites for hydroxylation is 1. The molecule has 1 aliphatic rings. The van der Waals surface area contributed by atoms with Crippen molar-refractivity contribution in [3.05, 3.63) is 57.8 Å². The number of nitrogens with two attached hydrogens (primary N) is 1. The highest BCUT2D eigenvalue weighted by atomic mass is 32.1. The van der Waals surface area contributed by atoms with Crippen molar-refractivity contribution in [3.8, 4) is 0 Å². The smallest absolute Gasteiger partial charge is 0.0598 e. The molecule has 0 bridgehead atoms. The van der Waals surface area contributed by atoms with Gasteiger partial charge in [-0.05, 0) is 55.8 Å². The Morgan fingerprint density at radius 2 is 2.00 bits per heavy atom. The average molecular weight is 300 g/mol. The van der Waals surface area contributed by atoms with E-state index in [-0.39, 0.29) is 6.04 Å². The van der Waals surface area contributed by atoms with Crippen LogP contribution in [0.3, 0.4) is 0 Å². The monoisotopic (exact) mass is 300 g/mol. The standard InChI is InChI=1S/C18H24N2S/c1-13-10-12-21-18(13)17(14(2)19)20-11-6-9-16(20)15-7-4-3-5-8-15/h3-5,7-8,10,12,14,16-17H,6,9,11,19H2,1-2H3. The summed E-state index contributed by atoms with van der Waals surface area (Å²) in [6.45, 7) is 5.49. The number of hydrogen-bond acceptors (Lipinski definition) is 3. The van der Waals surface area contributed by atoms with Crippen LogP contribution in [-0.2, 0) is 0 Å². The zero-order chi connectivity index (χ0) is 14.8. The molecule has 1 fully saturated rings. The summed E-state index contributed by atoms with van der Waals surface area (Å²) in [4.78, 5) is 4.06. The van der Waals surface area contributed by atoms with Gasteiger partial charge in [0.05, 0.1) is 6.04 Å². The van der Waals surface area contributed by atoms with Crippen molar-refractivity contribution >= 4 is 11.3 Å². The maximum absolute atomic E-state index is 6.38. The van der Waals surface area contributed by atoms with Crippen LogP contribution in [0.25, 0.3) is 0 Å². The molecule has 0 saturated carbocycles. The van der Waals surface area contributed by atoms with Gasteiger partial charge in [0.1, 0.15) is 0 Å². The lowest BCUT2D eigenvalue weighted by atomic mass is 9.99. The minimum absolute atomic E-state index is 0.145. The summed E-state index contributed by atoms with van der Waals surface area (Å²) < 4.78 is 0. The Labute approximate surface area is 131 Å². The van der Waals surface area contributed by atoms with Crippen molar-refractivity contribution < 1.29 is 0 Å². The van der Waals surface area contributed by atoms with Gasteiger partial charge in [0.25, 0.3) is 0 Å². The Bertz CT molecular complexity index is 576. The molecule has 0 radical (unpaired) electrons. The fourth-order valence-electron chi connectivity index (χ4n) is 3.53. The Morgan fingerprint density at radius 3 is 2.62 bits per heavy atom. The SMILES string of the molecule is Cc1ccsc1C(C(C)N)N1CCCC1c1ccccc1. The second-order valence-corrected chi connectivity index (χ2v) is 7.03. The third-order valence-corrected chi connectivity index (χ3v) is 5.59. The lowest BCUT2D eigenvalue weighted by Crippen LogP contribution is -2.39. The van der Waals surface area contributed by atoms with Gasteiger partial charge in [0.2, 0.25) is 0 Å². The van der Waals surface area contributed by atoms with Crippen molar-refractivity contribution in [2.24, 2.45) is 5.73 Å². The predicted molar refractivity (Wildman–Crippen MR) is 90.6 cm³/mol. The molecular weight excluding hydrogens is 276 g/mol. The molecule has 1 saturated heterocycles. The van der Waals surface area contributed by atoms with E-state index in [1.54, 1.807) is 0 Å². The molecule has 21 heavy (non-hydrogen) atoms. The van der Waals surface area contributed by atoms with Crippen LogP contribution in [0, 0.1) is 6.92 Å². The van der Waals surface area contributed by atoms with Gasteiger partial charge in [-0.15, -0.1) is 11.3 Å². The highest BCUT2D eigenvalue weighted by Crippen LogP contribution is 2.41. The largest absolute Gasteiger partial charge is 0.326 e. The first-order valence-corrected chi connectivity index (χ1v) is 8.66. The molecule has 1 aliphatic heterocycles. The average Bonchev–Trinajstić information content (AvgIpc) is 3.10. The van der Waals surface area contributed by atoms with E-state index in [9.17, 15) is 0 Å². The zero-order valence-corrected chi connectivity index (χ0v) is 13.6. The van der Waals surface area contributed by atoms with Crippen LogP contribution in [0.5, 0.6) is 0 Å². The van der Waals surface area contributed by atoms with Gasteiger partial charge in [-0.1, -0.05) is 30.3 Å². The molecule has 112 valence electrons. The highest BCUT2D eigenvalue weighted by molar-refractivity contribution is 7.10. The van der Waals surface area contributed by atoms with E-state index in [1.165, 1.54) is 28.8 Å². The lowest BCUT2D eigenvalue weighted by molar-refractivity contribution is 0.163. The van der Waals surface area contributed by atoms with Gasteiger partial charge in [-0.2, -0.15) is 0 Å². The maximum Gasteiger partial charge on any atom is 0.0598 e. The summed E-state index contributed by atoms with van der Waals surface area (Å²) in [5, 5.41) is 2.19. The second kappa shape index (κ2) is 6.30. The molecule has 3 unspecified atom stereocenters. The normalized spacial score (nSPS) is 22.3. The van der Waals surface area contributed by atoms with Crippen LogP contribution < -0.4 is 5.73 Å². The van der Waals surface area contributed by atoms with Gasteiger partial charge in [0, 0.05) is 17.0 Å². The quantitative estimate of drug-likeness (QED) is 0.913. The lowest BCUT2D eigenvalue weighted by Gasteiger charge is -2.35. The fourth-order valence-corrected chi connectivity index (χ4v) is 4.70. The molecule has 1 aromatic heterocycles. The van der Waals surface area contributed by atoms with E-state index in [1.807, 2.05) is 11.3 Å². The molecule has 0 amide bonds. The first-order chi connectivity index (χ1) is 10.2. The number of thiophene rings is 1. The van der Waals surface area contributed by atoms with Crippen molar-refractivity contribution in [2.75, 3.05) is 6.54 Å². The Hall–Kier alpha value is -1.16. The maximum atomic E-state index is 6.38. The molecular formula is C18H24N2S. The number of rotatable bonds is 4. The minimum atomic E-state index is 0.145. The molecule has 2 aromatic rings. The molecule has 1 aromatic carbocycles. The summed E-state index contributed by atoms with van der Waals surface area (Å²) in [5.74, 6) is 0. The summed E-state index contributed by atoms with van der Waals surface area (Å²) in [5.41, 5.74) is 9.18. The van der Waals surface area contributed by atoms with Gasteiger partial charge >= 0.3 is 0 Å². The molecule has 3 atom stereocenters. The fraction of sp³-hybridized carbons (Fsp3) is 0.444. The van der Waals surface area contributed by atoms with Crippen LogP contribution in [-0.4, -0.2) is 17.5 Å². The minimum Gasteiger partial charge on any atom is -0.326 e. The van der Waals surface area contributed by atoms with Crippen molar-refractivity contribution in [1.82, 2.24) is 4.90 Å². The van der Waals surface area contributed by atoms with Crippen molar-refractivity contribution in [2.45, 2.75) is 44.8 Å². The first kappa shape index (κ1) is 14.8. The van der Waals surface area contributed by atoms with Gasteiger partial charge in [-0.3, -0.25) is 4.90 Å². The molecule has 2 N–H and O–H groups in total. The first-order valence-electron chi connectivity index (χ1n) is 7.78. The Kier molecular flexibility index (Phi) is 4.43. The molecule has 3 heteroatoms. The van der Waals surface area contributed by atoms with Crippen LogP contribution in [0.15, 0.2) is 41.8 Å². The van der Waals surface area contributed by atoms with E-state index < -0.39 is 0 Å². The summed E-state index contributed by atoms with van der Waals surface area (Å²) >= 11 is 1.85. The number of nitrogens with zero attached hydrogens (tertiary/aromatic N) is 1. The van der Waals surface area contributed by atoms with Crippen LogP contribution in [0.4, 0.5) is 0 Å². The topological polar surface area (TPSA) is 29.3 Å². The molecule has 0 spiro atoms. The number of hydrogen-bond donors (Lipinski definition) is 1. The number of benzene rings is 1. The van der Waals surface area contributed by atoms with E-state index >= 15 is 0 Å². The summed E-state index contributed by atoms with van der Waals surface area (Å²) in [7, 11) is 0.